The molecule has 7 heteroatoms. The Morgan fingerprint density at radius 3 is 2.86 bits per heavy atom. The number of hydrogen-bond acceptors (Lipinski definition) is 7. The summed E-state index contributed by atoms with van der Waals surface area (Å²) in [6.07, 6.45) is 1.52. The molecule has 3 N–H and O–H groups in total. The fourth-order valence-electron chi connectivity index (χ4n) is 2.35. The van der Waals surface area contributed by atoms with Crippen LogP contribution >= 0.6 is 0 Å². The van der Waals surface area contributed by atoms with E-state index in [1.54, 1.807) is 7.11 Å². The van der Waals surface area contributed by atoms with Crippen LogP contribution in [0.4, 0.5) is 23.0 Å². The second-order valence-corrected chi connectivity index (χ2v) is 4.92. The van der Waals surface area contributed by atoms with Gasteiger partial charge in [0.05, 0.1) is 20.3 Å². The molecular formula is C15H19N5O2. The Bertz CT molecular complexity index is 644. The summed E-state index contributed by atoms with van der Waals surface area (Å²) in [7, 11) is 1.63. The van der Waals surface area contributed by atoms with E-state index < -0.39 is 0 Å². The largest absolute Gasteiger partial charge is 0.497 e. The van der Waals surface area contributed by atoms with E-state index in [-0.39, 0.29) is 0 Å². The maximum atomic E-state index is 6.23. The van der Waals surface area contributed by atoms with Crippen LogP contribution < -0.4 is 20.7 Å². The minimum atomic E-state index is 0.534. The lowest BCUT2D eigenvalue weighted by molar-refractivity contribution is 0.122. The first-order chi connectivity index (χ1) is 10.8. The first-order valence-electron chi connectivity index (χ1n) is 7.12. The number of rotatable bonds is 4. The van der Waals surface area contributed by atoms with Crippen LogP contribution in [0, 0.1) is 0 Å². The van der Waals surface area contributed by atoms with Crippen LogP contribution in [0.15, 0.2) is 30.6 Å². The summed E-state index contributed by atoms with van der Waals surface area (Å²) in [5.41, 5.74) is 7.62. The van der Waals surface area contributed by atoms with Crippen LogP contribution in [0.25, 0.3) is 0 Å². The summed E-state index contributed by atoms with van der Waals surface area (Å²) in [5.74, 6) is 2.10. The number of nitrogens with two attached hydrogens (primary N) is 1. The summed E-state index contributed by atoms with van der Waals surface area (Å²) in [6, 6.07) is 7.60. The molecule has 0 bridgehead atoms. The molecule has 0 radical (unpaired) electrons. The van der Waals surface area contributed by atoms with Crippen molar-refractivity contribution in [1.29, 1.82) is 0 Å². The molecule has 1 aliphatic rings. The molecule has 0 aliphatic carbocycles. The predicted molar refractivity (Wildman–Crippen MR) is 85.8 cm³/mol. The average molecular weight is 301 g/mol. The number of morpholine rings is 1. The standard InChI is InChI=1S/C15H19N5O2/c1-21-12-4-2-3-11(9-12)19-14-13(16)15(18-10-17-14)20-5-7-22-8-6-20/h2-4,9-10H,5-8,16H2,1H3,(H,17,18,19). The Kier molecular flexibility index (Phi) is 4.24. The fraction of sp³-hybridized carbons (Fsp3) is 0.333. The summed E-state index contributed by atoms with van der Waals surface area (Å²) >= 11 is 0. The van der Waals surface area contributed by atoms with Crippen molar-refractivity contribution in [3.63, 3.8) is 0 Å². The normalized spacial score (nSPS) is 14.7. The van der Waals surface area contributed by atoms with Gasteiger partial charge in [-0.15, -0.1) is 0 Å². The number of nitrogen functional groups attached to an aromatic ring is 1. The number of methoxy groups -OCH3 is 1. The molecule has 1 aromatic carbocycles. The zero-order chi connectivity index (χ0) is 15.4. The third kappa shape index (κ3) is 3.04. The van der Waals surface area contributed by atoms with Gasteiger partial charge in [-0.3, -0.25) is 0 Å². The summed E-state index contributed by atoms with van der Waals surface area (Å²) in [6.45, 7) is 2.92. The minimum Gasteiger partial charge on any atom is -0.497 e. The Balaban J connectivity index is 1.84. The third-order valence-corrected chi connectivity index (χ3v) is 3.51. The van der Waals surface area contributed by atoms with Crippen molar-refractivity contribution in [3.05, 3.63) is 30.6 Å². The van der Waals surface area contributed by atoms with Crippen molar-refractivity contribution in [2.45, 2.75) is 0 Å². The first-order valence-corrected chi connectivity index (χ1v) is 7.12. The third-order valence-electron chi connectivity index (χ3n) is 3.51. The first kappa shape index (κ1) is 14.4. The molecule has 22 heavy (non-hydrogen) atoms. The molecule has 0 spiro atoms. The zero-order valence-electron chi connectivity index (χ0n) is 12.5. The smallest absolute Gasteiger partial charge is 0.159 e. The van der Waals surface area contributed by atoms with Crippen molar-refractivity contribution in [2.75, 3.05) is 49.4 Å². The summed E-state index contributed by atoms with van der Waals surface area (Å²) in [4.78, 5) is 10.7. The summed E-state index contributed by atoms with van der Waals surface area (Å²) < 4.78 is 10.6. The quantitative estimate of drug-likeness (QED) is 0.888. The van der Waals surface area contributed by atoms with Gasteiger partial charge >= 0.3 is 0 Å². The lowest BCUT2D eigenvalue weighted by atomic mass is 10.3. The molecule has 2 heterocycles. The van der Waals surface area contributed by atoms with Gasteiger partial charge in [-0.25, -0.2) is 9.97 Å². The van der Waals surface area contributed by atoms with E-state index in [2.05, 4.69) is 20.2 Å². The van der Waals surface area contributed by atoms with Gasteiger partial charge in [0.25, 0.3) is 0 Å². The van der Waals surface area contributed by atoms with Crippen molar-refractivity contribution in [3.8, 4) is 5.75 Å². The molecule has 1 aliphatic heterocycles. The molecule has 0 saturated carbocycles. The van der Waals surface area contributed by atoms with Crippen molar-refractivity contribution >= 4 is 23.0 Å². The predicted octanol–water partition coefficient (Wildman–Crippen LogP) is 1.65. The number of aromatic nitrogens is 2. The van der Waals surface area contributed by atoms with Crippen LogP contribution in [0.1, 0.15) is 0 Å². The van der Waals surface area contributed by atoms with E-state index in [1.165, 1.54) is 6.33 Å². The molecule has 3 rings (SSSR count). The second-order valence-electron chi connectivity index (χ2n) is 4.92. The van der Waals surface area contributed by atoms with Crippen molar-refractivity contribution in [1.82, 2.24) is 9.97 Å². The van der Waals surface area contributed by atoms with Crippen molar-refractivity contribution in [2.24, 2.45) is 0 Å². The minimum absolute atomic E-state index is 0.534. The Hall–Kier alpha value is -2.54. The molecule has 1 saturated heterocycles. The van der Waals surface area contributed by atoms with Crippen LogP contribution in [-0.2, 0) is 4.74 Å². The van der Waals surface area contributed by atoms with E-state index >= 15 is 0 Å². The molecule has 0 amide bonds. The number of nitrogens with zero attached hydrogens (tertiary/aromatic N) is 3. The van der Waals surface area contributed by atoms with E-state index in [9.17, 15) is 0 Å². The highest BCUT2D eigenvalue weighted by Gasteiger charge is 2.17. The molecule has 0 atom stereocenters. The van der Waals surface area contributed by atoms with Gasteiger partial charge in [0.15, 0.2) is 11.6 Å². The van der Waals surface area contributed by atoms with Gasteiger partial charge in [0.1, 0.15) is 17.8 Å². The van der Waals surface area contributed by atoms with Gasteiger partial charge in [-0.2, -0.15) is 0 Å². The number of anilines is 4. The Morgan fingerprint density at radius 2 is 2.09 bits per heavy atom. The maximum Gasteiger partial charge on any atom is 0.159 e. The van der Waals surface area contributed by atoms with Crippen molar-refractivity contribution < 1.29 is 9.47 Å². The molecule has 1 fully saturated rings. The van der Waals surface area contributed by atoms with Gasteiger partial charge in [-0.1, -0.05) is 6.07 Å². The Labute approximate surface area is 129 Å². The van der Waals surface area contributed by atoms with E-state index in [0.717, 1.165) is 30.3 Å². The average Bonchev–Trinajstić information content (AvgIpc) is 2.58. The highest BCUT2D eigenvalue weighted by atomic mass is 16.5. The number of ether oxygens (including phenoxy) is 2. The highest BCUT2D eigenvalue weighted by molar-refractivity contribution is 5.78. The van der Waals surface area contributed by atoms with Gasteiger partial charge < -0.3 is 25.4 Å². The molecule has 2 aromatic rings. The topological polar surface area (TPSA) is 85.5 Å². The van der Waals surface area contributed by atoms with E-state index in [4.69, 9.17) is 15.2 Å². The van der Waals surface area contributed by atoms with Crippen LogP contribution in [0.3, 0.4) is 0 Å². The molecule has 1 aromatic heterocycles. The molecular weight excluding hydrogens is 282 g/mol. The molecule has 7 nitrogen and oxygen atoms in total. The Morgan fingerprint density at radius 1 is 1.27 bits per heavy atom. The second kappa shape index (κ2) is 6.48. The lowest BCUT2D eigenvalue weighted by Gasteiger charge is -2.29. The number of hydrogen-bond donors (Lipinski definition) is 2. The highest BCUT2D eigenvalue weighted by Crippen LogP contribution is 2.29. The van der Waals surface area contributed by atoms with Crippen LogP contribution in [-0.4, -0.2) is 43.4 Å². The molecule has 116 valence electrons. The van der Waals surface area contributed by atoms with E-state index in [0.29, 0.717) is 24.7 Å². The van der Waals surface area contributed by atoms with Crippen LogP contribution in [0.2, 0.25) is 0 Å². The SMILES string of the molecule is COc1cccc(Nc2ncnc(N3CCOCC3)c2N)c1. The van der Waals surface area contributed by atoms with Gasteiger partial charge in [0, 0.05) is 24.8 Å². The van der Waals surface area contributed by atoms with Gasteiger partial charge in [0.2, 0.25) is 0 Å². The summed E-state index contributed by atoms with van der Waals surface area (Å²) in [5, 5.41) is 3.21. The van der Waals surface area contributed by atoms with Crippen LogP contribution in [0.5, 0.6) is 5.75 Å². The van der Waals surface area contributed by atoms with E-state index in [1.807, 2.05) is 24.3 Å². The van der Waals surface area contributed by atoms with Gasteiger partial charge in [-0.05, 0) is 12.1 Å². The zero-order valence-corrected chi connectivity index (χ0v) is 12.5. The lowest BCUT2D eigenvalue weighted by Crippen LogP contribution is -2.37. The molecule has 0 unspecified atom stereocenters. The fourth-order valence-corrected chi connectivity index (χ4v) is 2.35. The number of nitrogens with one attached hydrogen (secondary N) is 1. The number of benzene rings is 1. The monoisotopic (exact) mass is 301 g/mol. The maximum absolute atomic E-state index is 6.23.